The molecule has 0 aliphatic carbocycles. The van der Waals surface area contributed by atoms with E-state index in [0.717, 1.165) is 22.6 Å². The van der Waals surface area contributed by atoms with Crippen LogP contribution in [0.2, 0.25) is 0 Å². The highest BCUT2D eigenvalue weighted by atomic mass is 16.5. The second kappa shape index (κ2) is 8.61. The predicted molar refractivity (Wildman–Crippen MR) is 105 cm³/mol. The van der Waals surface area contributed by atoms with Gasteiger partial charge in [0.2, 0.25) is 5.89 Å². The third-order valence-electron chi connectivity index (χ3n) is 4.54. The Morgan fingerprint density at radius 3 is 2.36 bits per heavy atom. The standard InChI is InChI=1S/C22H23NO5/c1-14(12-21(24)25)16-4-10-19(11-5-16)27-13-20-15(2)28-22(23-20)17-6-8-18(26-3)9-7-17/h4-11,14H,12-13H2,1-3H3,(H,24,25). The summed E-state index contributed by atoms with van der Waals surface area (Å²) in [7, 11) is 1.62. The van der Waals surface area contributed by atoms with Gasteiger partial charge in [0, 0.05) is 5.56 Å². The lowest BCUT2D eigenvalue weighted by molar-refractivity contribution is -0.137. The van der Waals surface area contributed by atoms with Gasteiger partial charge in [-0.3, -0.25) is 4.79 Å². The number of carboxylic acid groups (broad SMARTS) is 1. The maximum Gasteiger partial charge on any atom is 0.303 e. The van der Waals surface area contributed by atoms with Gasteiger partial charge >= 0.3 is 5.97 Å². The molecule has 3 rings (SSSR count). The number of aryl methyl sites for hydroxylation is 1. The van der Waals surface area contributed by atoms with Crippen molar-refractivity contribution < 1.29 is 23.8 Å². The fraction of sp³-hybridized carbons (Fsp3) is 0.273. The molecule has 1 atom stereocenters. The highest BCUT2D eigenvalue weighted by Gasteiger charge is 2.13. The lowest BCUT2D eigenvalue weighted by Crippen LogP contribution is -2.03. The summed E-state index contributed by atoms with van der Waals surface area (Å²) in [6.07, 6.45) is 0.104. The summed E-state index contributed by atoms with van der Waals surface area (Å²) in [5.41, 5.74) is 2.57. The summed E-state index contributed by atoms with van der Waals surface area (Å²) in [5.74, 6) is 1.86. The molecule has 1 aromatic heterocycles. The largest absolute Gasteiger partial charge is 0.497 e. The molecule has 2 aromatic carbocycles. The molecule has 1 unspecified atom stereocenters. The summed E-state index contributed by atoms with van der Waals surface area (Å²) in [6.45, 7) is 4.04. The molecular weight excluding hydrogens is 358 g/mol. The third-order valence-corrected chi connectivity index (χ3v) is 4.54. The SMILES string of the molecule is COc1ccc(-c2nc(COc3ccc(C(C)CC(=O)O)cc3)c(C)o2)cc1. The van der Waals surface area contributed by atoms with E-state index in [4.69, 9.17) is 19.0 Å². The maximum atomic E-state index is 10.8. The van der Waals surface area contributed by atoms with Gasteiger partial charge in [-0.2, -0.15) is 0 Å². The molecule has 0 aliphatic heterocycles. The topological polar surface area (TPSA) is 81.8 Å². The second-order valence-electron chi connectivity index (χ2n) is 6.61. The first kappa shape index (κ1) is 19.5. The summed E-state index contributed by atoms with van der Waals surface area (Å²) >= 11 is 0. The molecule has 0 fully saturated rings. The number of hydrogen-bond acceptors (Lipinski definition) is 5. The molecule has 146 valence electrons. The Labute approximate surface area is 163 Å². The Morgan fingerprint density at radius 1 is 1.11 bits per heavy atom. The van der Waals surface area contributed by atoms with Crippen molar-refractivity contribution in [1.29, 1.82) is 0 Å². The van der Waals surface area contributed by atoms with Gasteiger partial charge < -0.3 is 19.0 Å². The minimum atomic E-state index is -0.804. The van der Waals surface area contributed by atoms with Crippen molar-refractivity contribution in [2.45, 2.75) is 32.8 Å². The van der Waals surface area contributed by atoms with Crippen LogP contribution in [-0.2, 0) is 11.4 Å². The minimum absolute atomic E-state index is 0.0450. The van der Waals surface area contributed by atoms with Crippen molar-refractivity contribution >= 4 is 5.97 Å². The number of oxazole rings is 1. The Bertz CT molecular complexity index is 929. The van der Waals surface area contributed by atoms with Crippen molar-refractivity contribution in [3.63, 3.8) is 0 Å². The maximum absolute atomic E-state index is 10.8. The van der Waals surface area contributed by atoms with Crippen LogP contribution in [0.5, 0.6) is 11.5 Å². The van der Waals surface area contributed by atoms with Gasteiger partial charge in [-0.15, -0.1) is 0 Å². The van der Waals surface area contributed by atoms with E-state index in [2.05, 4.69) is 4.98 Å². The van der Waals surface area contributed by atoms with Crippen LogP contribution in [0.25, 0.3) is 11.5 Å². The molecule has 6 heteroatoms. The molecule has 0 saturated heterocycles. The van der Waals surface area contributed by atoms with E-state index in [1.807, 2.05) is 62.4 Å². The lowest BCUT2D eigenvalue weighted by atomic mass is 9.98. The van der Waals surface area contributed by atoms with Crippen LogP contribution in [0, 0.1) is 6.92 Å². The number of carboxylic acids is 1. The fourth-order valence-corrected chi connectivity index (χ4v) is 2.84. The van der Waals surface area contributed by atoms with E-state index in [9.17, 15) is 4.79 Å². The first-order chi connectivity index (χ1) is 13.5. The van der Waals surface area contributed by atoms with Gasteiger partial charge in [0.15, 0.2) is 0 Å². The molecule has 0 spiro atoms. The van der Waals surface area contributed by atoms with E-state index in [-0.39, 0.29) is 18.9 Å². The molecule has 0 bridgehead atoms. The Kier molecular flexibility index (Phi) is 5.99. The molecule has 1 heterocycles. The smallest absolute Gasteiger partial charge is 0.303 e. The summed E-state index contributed by atoms with van der Waals surface area (Å²) in [6, 6.07) is 15.0. The van der Waals surface area contributed by atoms with Crippen molar-refractivity contribution in [3.05, 3.63) is 65.5 Å². The molecule has 0 radical (unpaired) electrons. The average molecular weight is 381 g/mol. The van der Waals surface area contributed by atoms with Gasteiger partial charge in [-0.25, -0.2) is 4.98 Å². The third kappa shape index (κ3) is 4.71. The van der Waals surface area contributed by atoms with E-state index in [1.165, 1.54) is 0 Å². The number of carbonyl (C=O) groups is 1. The van der Waals surface area contributed by atoms with Crippen LogP contribution < -0.4 is 9.47 Å². The van der Waals surface area contributed by atoms with Crippen LogP contribution in [0.3, 0.4) is 0 Å². The van der Waals surface area contributed by atoms with E-state index in [1.54, 1.807) is 7.11 Å². The van der Waals surface area contributed by atoms with Crippen molar-refractivity contribution in [2.24, 2.45) is 0 Å². The molecule has 0 saturated carbocycles. The zero-order valence-electron chi connectivity index (χ0n) is 16.1. The predicted octanol–water partition coefficient (Wildman–Crippen LogP) is 4.82. The van der Waals surface area contributed by atoms with Gasteiger partial charge in [0.05, 0.1) is 13.5 Å². The van der Waals surface area contributed by atoms with Gasteiger partial charge in [0.25, 0.3) is 0 Å². The molecule has 0 amide bonds. The molecule has 1 N–H and O–H groups in total. The number of ether oxygens (including phenoxy) is 2. The normalized spacial score (nSPS) is 11.8. The first-order valence-electron chi connectivity index (χ1n) is 9.01. The Hall–Kier alpha value is -3.28. The summed E-state index contributed by atoms with van der Waals surface area (Å²) in [4.78, 5) is 15.4. The van der Waals surface area contributed by atoms with Gasteiger partial charge in [-0.05, 0) is 54.8 Å². The highest BCUT2D eigenvalue weighted by Crippen LogP contribution is 2.26. The number of methoxy groups -OCH3 is 1. The Balaban J connectivity index is 1.64. The van der Waals surface area contributed by atoms with Crippen LogP contribution in [0.1, 0.15) is 36.3 Å². The number of aliphatic carboxylic acids is 1. The van der Waals surface area contributed by atoms with Gasteiger partial charge in [0.1, 0.15) is 29.6 Å². The zero-order valence-corrected chi connectivity index (χ0v) is 16.1. The van der Waals surface area contributed by atoms with Crippen LogP contribution in [0.15, 0.2) is 52.9 Å². The number of benzene rings is 2. The quantitative estimate of drug-likeness (QED) is 0.603. The fourth-order valence-electron chi connectivity index (χ4n) is 2.84. The number of aromatic nitrogens is 1. The minimum Gasteiger partial charge on any atom is -0.497 e. The summed E-state index contributed by atoms with van der Waals surface area (Å²) in [5, 5.41) is 8.90. The molecule has 6 nitrogen and oxygen atoms in total. The molecule has 3 aromatic rings. The van der Waals surface area contributed by atoms with Crippen molar-refractivity contribution in [1.82, 2.24) is 4.98 Å². The number of nitrogens with zero attached hydrogens (tertiary/aromatic N) is 1. The number of hydrogen-bond donors (Lipinski definition) is 1. The lowest BCUT2D eigenvalue weighted by Gasteiger charge is -2.10. The van der Waals surface area contributed by atoms with Crippen molar-refractivity contribution in [3.8, 4) is 23.0 Å². The summed E-state index contributed by atoms with van der Waals surface area (Å²) < 4.78 is 16.7. The van der Waals surface area contributed by atoms with E-state index >= 15 is 0 Å². The van der Waals surface area contributed by atoms with Gasteiger partial charge in [-0.1, -0.05) is 19.1 Å². The van der Waals surface area contributed by atoms with E-state index < -0.39 is 5.97 Å². The monoisotopic (exact) mass is 381 g/mol. The molecular formula is C22H23NO5. The van der Waals surface area contributed by atoms with E-state index in [0.29, 0.717) is 17.4 Å². The average Bonchev–Trinajstić information content (AvgIpc) is 3.07. The highest BCUT2D eigenvalue weighted by molar-refractivity contribution is 5.68. The Morgan fingerprint density at radius 2 is 1.75 bits per heavy atom. The first-order valence-corrected chi connectivity index (χ1v) is 9.01. The molecule has 0 aliphatic rings. The van der Waals surface area contributed by atoms with Crippen LogP contribution >= 0.6 is 0 Å². The van der Waals surface area contributed by atoms with Crippen LogP contribution in [-0.4, -0.2) is 23.2 Å². The second-order valence-corrected chi connectivity index (χ2v) is 6.61. The van der Waals surface area contributed by atoms with Crippen molar-refractivity contribution in [2.75, 3.05) is 7.11 Å². The molecule has 28 heavy (non-hydrogen) atoms. The van der Waals surface area contributed by atoms with Crippen LogP contribution in [0.4, 0.5) is 0 Å². The number of rotatable bonds is 8. The zero-order chi connectivity index (χ0) is 20.1.